The van der Waals surface area contributed by atoms with E-state index in [1.807, 2.05) is 13.8 Å². The minimum atomic E-state index is -4.92. The number of amides is 1. The number of carbonyl (C=O) groups excluding carboxylic acids is 3. The van der Waals surface area contributed by atoms with Crippen molar-refractivity contribution < 1.29 is 32.3 Å². The van der Waals surface area contributed by atoms with Crippen molar-refractivity contribution in [3.8, 4) is 0 Å². The number of aromatic nitrogens is 3. The first kappa shape index (κ1) is 32.8. The fraction of sp³-hybridized carbons (Fsp3) is 0.607. The topological polar surface area (TPSA) is 94.4 Å². The molecule has 2 unspecified atom stereocenters. The van der Waals surface area contributed by atoms with E-state index in [-0.39, 0.29) is 47.6 Å². The Bertz CT molecular complexity index is 1280. The predicted octanol–water partition coefficient (Wildman–Crippen LogP) is 6.91. The Labute approximate surface area is 247 Å². The van der Waals surface area contributed by atoms with Crippen molar-refractivity contribution in [2.24, 2.45) is 16.7 Å². The lowest BCUT2D eigenvalue weighted by atomic mass is 9.67. The van der Waals surface area contributed by atoms with Crippen molar-refractivity contribution in [1.82, 2.24) is 19.7 Å². The monoisotopic (exact) mass is 618 g/mol. The number of hydrogen-bond acceptors (Lipinski definition) is 6. The van der Waals surface area contributed by atoms with E-state index in [1.54, 1.807) is 27.7 Å². The summed E-state index contributed by atoms with van der Waals surface area (Å²) >= 11 is 12.2. The third kappa shape index (κ3) is 7.60. The van der Waals surface area contributed by atoms with Gasteiger partial charge in [0, 0.05) is 18.9 Å². The number of ether oxygens (including phenoxy) is 1. The molecule has 2 aromatic heterocycles. The van der Waals surface area contributed by atoms with Gasteiger partial charge >= 0.3 is 12.1 Å². The third-order valence-electron chi connectivity index (χ3n) is 7.12. The Morgan fingerprint density at radius 2 is 1.71 bits per heavy atom. The van der Waals surface area contributed by atoms with Gasteiger partial charge in [0.05, 0.1) is 52.5 Å². The van der Waals surface area contributed by atoms with Crippen molar-refractivity contribution in [3.63, 3.8) is 0 Å². The van der Waals surface area contributed by atoms with Gasteiger partial charge < -0.3 is 9.64 Å². The average Bonchev–Trinajstić information content (AvgIpc) is 3.27. The summed E-state index contributed by atoms with van der Waals surface area (Å²) < 4.78 is 49.8. The molecule has 0 aliphatic heterocycles. The quantitative estimate of drug-likeness (QED) is 0.236. The standard InChI is InChI=1S/C28H35Cl2F3N4O4/c1-7-41-25(40)18-9-8-16(10-27(18,5)6)37-23(28(31,32)33)17(11-35-37)24(39)36(15-26(2,3)4)14-21(38)22-19(29)12-34-13-20(22)30/h11-13,16,18H,7-10,14-15H2,1-6H3. The maximum absolute atomic E-state index is 14.6. The fourth-order valence-electron chi connectivity index (χ4n) is 5.44. The van der Waals surface area contributed by atoms with Crippen LogP contribution in [0.2, 0.25) is 10.0 Å². The van der Waals surface area contributed by atoms with Crippen LogP contribution in [0.15, 0.2) is 18.6 Å². The van der Waals surface area contributed by atoms with Crippen molar-refractivity contribution in [2.75, 3.05) is 19.7 Å². The molecule has 0 saturated heterocycles. The molecule has 13 heteroatoms. The molecule has 2 aromatic rings. The van der Waals surface area contributed by atoms with E-state index in [0.717, 1.165) is 15.8 Å². The fourth-order valence-corrected chi connectivity index (χ4v) is 6.02. The number of nitrogens with zero attached hydrogens (tertiary/aromatic N) is 4. The van der Waals surface area contributed by atoms with Crippen LogP contribution in [-0.4, -0.2) is 57.0 Å². The zero-order valence-electron chi connectivity index (χ0n) is 23.9. The Balaban J connectivity index is 1.99. The van der Waals surface area contributed by atoms with E-state index in [1.165, 1.54) is 12.4 Å². The first-order valence-corrected chi connectivity index (χ1v) is 14.1. The van der Waals surface area contributed by atoms with Crippen LogP contribution in [0.4, 0.5) is 13.2 Å². The van der Waals surface area contributed by atoms with Gasteiger partial charge in [0.2, 0.25) is 0 Å². The number of alkyl halides is 3. The summed E-state index contributed by atoms with van der Waals surface area (Å²) in [5.41, 5.74) is -3.15. The summed E-state index contributed by atoms with van der Waals surface area (Å²) in [6.07, 6.45) is -0.788. The van der Waals surface area contributed by atoms with E-state index in [9.17, 15) is 27.6 Å². The normalized spacial score (nSPS) is 19.1. The number of Topliss-reactive ketones (excluding diaryl/α,β-unsaturated/α-hetero) is 1. The molecular formula is C28H35Cl2F3N4O4. The van der Waals surface area contributed by atoms with E-state index < -0.39 is 58.5 Å². The summed E-state index contributed by atoms with van der Waals surface area (Å²) in [7, 11) is 0. The summed E-state index contributed by atoms with van der Waals surface area (Å²) in [4.78, 5) is 44.3. The number of hydrogen-bond donors (Lipinski definition) is 0. The molecule has 0 aromatic carbocycles. The molecule has 3 rings (SSSR count). The molecule has 2 heterocycles. The third-order valence-corrected chi connectivity index (χ3v) is 7.70. The van der Waals surface area contributed by atoms with Gasteiger partial charge in [0.15, 0.2) is 11.5 Å². The molecular weight excluding hydrogens is 584 g/mol. The molecule has 0 radical (unpaired) electrons. The van der Waals surface area contributed by atoms with Crippen molar-refractivity contribution in [1.29, 1.82) is 0 Å². The molecule has 41 heavy (non-hydrogen) atoms. The van der Waals surface area contributed by atoms with Crippen LogP contribution in [0.5, 0.6) is 0 Å². The number of rotatable bonds is 8. The number of halogens is 5. The highest BCUT2D eigenvalue weighted by Crippen LogP contribution is 2.47. The molecule has 0 bridgehead atoms. The van der Waals surface area contributed by atoms with Crippen LogP contribution in [0.25, 0.3) is 0 Å². The number of carbonyl (C=O) groups is 3. The number of esters is 1. The molecule has 1 amide bonds. The van der Waals surface area contributed by atoms with Gasteiger partial charge in [-0.05, 0) is 37.0 Å². The second kappa shape index (κ2) is 12.3. The first-order valence-electron chi connectivity index (χ1n) is 13.3. The molecule has 0 N–H and O–H groups in total. The molecule has 2 atom stereocenters. The van der Waals surface area contributed by atoms with Gasteiger partial charge in [-0.3, -0.25) is 24.0 Å². The average molecular weight is 620 g/mol. The molecule has 226 valence electrons. The Morgan fingerprint density at radius 1 is 1.10 bits per heavy atom. The van der Waals surface area contributed by atoms with Crippen LogP contribution < -0.4 is 0 Å². The van der Waals surface area contributed by atoms with E-state index in [2.05, 4.69) is 10.1 Å². The van der Waals surface area contributed by atoms with Crippen LogP contribution in [0, 0.1) is 16.7 Å². The molecule has 8 nitrogen and oxygen atoms in total. The highest BCUT2D eigenvalue weighted by molar-refractivity contribution is 6.39. The maximum atomic E-state index is 14.6. The SMILES string of the molecule is CCOC(=O)C1CCC(n2ncc(C(=O)N(CC(=O)c3c(Cl)cncc3Cl)CC(C)(C)C)c2C(F)(F)F)CC1(C)C. The van der Waals surface area contributed by atoms with E-state index in [4.69, 9.17) is 27.9 Å². The molecule has 1 fully saturated rings. The molecule has 1 saturated carbocycles. The maximum Gasteiger partial charge on any atom is 0.433 e. The summed E-state index contributed by atoms with van der Waals surface area (Å²) in [5.74, 6) is -2.47. The second-order valence-electron chi connectivity index (χ2n) is 12.2. The minimum Gasteiger partial charge on any atom is -0.466 e. The lowest BCUT2D eigenvalue weighted by molar-refractivity contribution is -0.156. The van der Waals surface area contributed by atoms with Crippen LogP contribution >= 0.6 is 23.2 Å². The van der Waals surface area contributed by atoms with Crippen molar-refractivity contribution >= 4 is 40.9 Å². The van der Waals surface area contributed by atoms with Crippen molar-refractivity contribution in [2.45, 2.75) is 73.0 Å². The molecule has 1 aliphatic carbocycles. The molecule has 1 aliphatic rings. The van der Waals surface area contributed by atoms with E-state index >= 15 is 0 Å². The summed E-state index contributed by atoms with van der Waals surface area (Å²) in [6, 6.07) is -0.707. The Hall–Kier alpha value is -2.66. The number of ketones is 1. The van der Waals surface area contributed by atoms with Crippen LogP contribution in [0.3, 0.4) is 0 Å². The van der Waals surface area contributed by atoms with Gasteiger partial charge in [0.25, 0.3) is 5.91 Å². The second-order valence-corrected chi connectivity index (χ2v) is 13.0. The van der Waals surface area contributed by atoms with Crippen LogP contribution in [-0.2, 0) is 15.7 Å². The van der Waals surface area contributed by atoms with Crippen molar-refractivity contribution in [3.05, 3.63) is 45.5 Å². The van der Waals surface area contributed by atoms with E-state index in [0.29, 0.717) is 6.42 Å². The molecule has 0 spiro atoms. The van der Waals surface area contributed by atoms with Gasteiger partial charge in [-0.15, -0.1) is 0 Å². The minimum absolute atomic E-state index is 0.0297. The highest BCUT2D eigenvalue weighted by atomic mass is 35.5. The van der Waals surface area contributed by atoms with Crippen LogP contribution in [0.1, 0.15) is 93.3 Å². The van der Waals surface area contributed by atoms with Gasteiger partial charge in [-0.2, -0.15) is 18.3 Å². The highest BCUT2D eigenvalue weighted by Gasteiger charge is 2.47. The first-order chi connectivity index (χ1) is 18.9. The van der Waals surface area contributed by atoms with Gasteiger partial charge in [0.1, 0.15) is 0 Å². The largest absolute Gasteiger partial charge is 0.466 e. The summed E-state index contributed by atoms with van der Waals surface area (Å²) in [6.45, 7) is 10.3. The predicted molar refractivity (Wildman–Crippen MR) is 148 cm³/mol. The van der Waals surface area contributed by atoms with Gasteiger partial charge in [-0.25, -0.2) is 0 Å². The zero-order valence-corrected chi connectivity index (χ0v) is 25.5. The Morgan fingerprint density at radius 3 is 2.22 bits per heavy atom. The lowest BCUT2D eigenvalue weighted by Gasteiger charge is -2.41. The number of pyridine rings is 1. The summed E-state index contributed by atoms with van der Waals surface area (Å²) in [5, 5.41) is 3.98. The Kier molecular flexibility index (Phi) is 9.85. The lowest BCUT2D eigenvalue weighted by Crippen LogP contribution is -2.42. The van der Waals surface area contributed by atoms with Gasteiger partial charge in [-0.1, -0.05) is 57.8 Å². The smallest absolute Gasteiger partial charge is 0.433 e. The zero-order chi connectivity index (χ0) is 30.9.